The third-order valence-corrected chi connectivity index (χ3v) is 4.16. The van der Waals surface area contributed by atoms with E-state index >= 15 is 0 Å². The van der Waals surface area contributed by atoms with Gasteiger partial charge in [0.1, 0.15) is 13.2 Å². The summed E-state index contributed by atoms with van der Waals surface area (Å²) in [4.78, 5) is 14.4. The molecule has 0 N–H and O–H groups in total. The Bertz CT molecular complexity index is 782. The largest absolute Gasteiger partial charge is 0.486 e. The van der Waals surface area contributed by atoms with Gasteiger partial charge < -0.3 is 14.4 Å². The summed E-state index contributed by atoms with van der Waals surface area (Å²) in [6.07, 6.45) is 3.49. The molecular formula is C21H23NO3. The van der Waals surface area contributed by atoms with Crippen LogP contribution in [-0.4, -0.2) is 30.6 Å². The fourth-order valence-electron chi connectivity index (χ4n) is 2.86. The number of carbonyl (C=O) groups is 1. The maximum Gasteiger partial charge on any atom is 0.246 e. The van der Waals surface area contributed by atoms with Crippen LogP contribution >= 0.6 is 0 Å². The monoisotopic (exact) mass is 337 g/mol. The van der Waals surface area contributed by atoms with Crippen LogP contribution < -0.4 is 9.47 Å². The molecule has 2 aromatic rings. The van der Waals surface area contributed by atoms with Crippen molar-refractivity contribution in [2.75, 3.05) is 19.8 Å². The Morgan fingerprint density at radius 2 is 1.96 bits per heavy atom. The molecule has 1 aliphatic heterocycles. The van der Waals surface area contributed by atoms with E-state index in [1.807, 2.05) is 56.3 Å². The van der Waals surface area contributed by atoms with E-state index in [1.54, 1.807) is 11.0 Å². The second-order valence-electron chi connectivity index (χ2n) is 6.04. The first-order valence-corrected chi connectivity index (χ1v) is 8.58. The third-order valence-electron chi connectivity index (χ3n) is 4.16. The van der Waals surface area contributed by atoms with Gasteiger partial charge in [0.25, 0.3) is 0 Å². The molecule has 1 heterocycles. The van der Waals surface area contributed by atoms with Crippen molar-refractivity contribution in [3.05, 3.63) is 65.2 Å². The molecule has 0 unspecified atom stereocenters. The highest BCUT2D eigenvalue weighted by Gasteiger charge is 2.18. The summed E-state index contributed by atoms with van der Waals surface area (Å²) < 4.78 is 11.4. The average molecular weight is 337 g/mol. The molecule has 25 heavy (non-hydrogen) atoms. The molecule has 0 saturated heterocycles. The van der Waals surface area contributed by atoms with E-state index in [4.69, 9.17) is 9.47 Å². The predicted molar refractivity (Wildman–Crippen MR) is 98.7 cm³/mol. The number of carbonyl (C=O) groups excluding carboxylic acids is 1. The van der Waals surface area contributed by atoms with Gasteiger partial charge >= 0.3 is 0 Å². The van der Waals surface area contributed by atoms with E-state index in [9.17, 15) is 4.79 Å². The van der Waals surface area contributed by atoms with Gasteiger partial charge in [-0.15, -0.1) is 0 Å². The molecule has 1 aliphatic rings. The molecule has 4 nitrogen and oxygen atoms in total. The van der Waals surface area contributed by atoms with E-state index in [0.29, 0.717) is 26.3 Å². The number of benzene rings is 2. The van der Waals surface area contributed by atoms with Crippen LogP contribution in [0.1, 0.15) is 23.6 Å². The van der Waals surface area contributed by atoms with Gasteiger partial charge in [0.2, 0.25) is 5.91 Å². The summed E-state index contributed by atoms with van der Waals surface area (Å²) in [6, 6.07) is 13.9. The van der Waals surface area contributed by atoms with Gasteiger partial charge in [-0.2, -0.15) is 0 Å². The van der Waals surface area contributed by atoms with Crippen molar-refractivity contribution in [3.8, 4) is 11.5 Å². The van der Waals surface area contributed by atoms with E-state index in [1.165, 1.54) is 5.56 Å². The summed E-state index contributed by atoms with van der Waals surface area (Å²) in [6.45, 7) is 6.24. The van der Waals surface area contributed by atoms with Crippen molar-refractivity contribution in [1.29, 1.82) is 0 Å². The Balaban J connectivity index is 1.73. The van der Waals surface area contributed by atoms with Crippen LogP contribution in [0, 0.1) is 6.92 Å². The van der Waals surface area contributed by atoms with Crippen molar-refractivity contribution in [3.63, 3.8) is 0 Å². The smallest absolute Gasteiger partial charge is 0.246 e. The number of ether oxygens (including phenoxy) is 2. The lowest BCUT2D eigenvalue weighted by molar-refractivity contribution is -0.126. The van der Waals surface area contributed by atoms with Gasteiger partial charge in [-0.05, 0) is 31.6 Å². The van der Waals surface area contributed by atoms with Crippen LogP contribution in [0.2, 0.25) is 0 Å². The Morgan fingerprint density at radius 3 is 2.76 bits per heavy atom. The number of fused-ring (bicyclic) bond motifs is 1. The summed E-state index contributed by atoms with van der Waals surface area (Å²) in [7, 11) is 0. The Labute approximate surface area is 148 Å². The number of amides is 1. The maximum atomic E-state index is 12.6. The van der Waals surface area contributed by atoms with Crippen molar-refractivity contribution >= 4 is 12.0 Å². The maximum absolute atomic E-state index is 12.6. The minimum Gasteiger partial charge on any atom is -0.486 e. The molecule has 3 rings (SSSR count). The van der Waals surface area contributed by atoms with Gasteiger partial charge in [-0.1, -0.05) is 42.0 Å². The minimum absolute atomic E-state index is 0.0154. The highest BCUT2D eigenvalue weighted by atomic mass is 16.6. The van der Waals surface area contributed by atoms with Gasteiger partial charge in [0.15, 0.2) is 11.5 Å². The van der Waals surface area contributed by atoms with E-state index in [2.05, 4.69) is 6.07 Å². The SMILES string of the molecule is CCN(Cc1cccc2c1OCCO2)C(=O)/C=C/c1cccc(C)c1. The lowest BCUT2D eigenvalue weighted by atomic mass is 10.1. The quantitative estimate of drug-likeness (QED) is 0.779. The molecule has 2 aromatic carbocycles. The van der Waals surface area contributed by atoms with Gasteiger partial charge in [0, 0.05) is 24.7 Å². The summed E-state index contributed by atoms with van der Waals surface area (Å²) >= 11 is 0. The second-order valence-corrected chi connectivity index (χ2v) is 6.04. The second kappa shape index (κ2) is 7.88. The lowest BCUT2D eigenvalue weighted by Gasteiger charge is -2.24. The normalized spacial score (nSPS) is 13.0. The number of aryl methyl sites for hydroxylation is 1. The molecule has 1 amide bonds. The number of hydrogen-bond donors (Lipinski definition) is 0. The highest BCUT2D eigenvalue weighted by Crippen LogP contribution is 2.34. The number of rotatable bonds is 5. The molecule has 0 radical (unpaired) electrons. The van der Waals surface area contributed by atoms with Gasteiger partial charge in [-0.3, -0.25) is 4.79 Å². The molecule has 0 saturated carbocycles. The van der Waals surface area contributed by atoms with Gasteiger partial charge in [0.05, 0.1) is 0 Å². The summed E-state index contributed by atoms with van der Waals surface area (Å²) in [5.74, 6) is 1.49. The van der Waals surface area contributed by atoms with Crippen LogP contribution in [0.4, 0.5) is 0 Å². The van der Waals surface area contributed by atoms with Crippen molar-refractivity contribution in [2.45, 2.75) is 20.4 Å². The van der Waals surface area contributed by atoms with Crippen molar-refractivity contribution < 1.29 is 14.3 Å². The molecule has 0 aromatic heterocycles. The zero-order chi connectivity index (χ0) is 17.6. The summed E-state index contributed by atoms with van der Waals surface area (Å²) in [5, 5.41) is 0. The lowest BCUT2D eigenvalue weighted by Crippen LogP contribution is -2.29. The topological polar surface area (TPSA) is 38.8 Å². The van der Waals surface area contributed by atoms with Crippen LogP contribution in [-0.2, 0) is 11.3 Å². The number of hydrogen-bond acceptors (Lipinski definition) is 3. The first kappa shape index (κ1) is 17.1. The van der Waals surface area contributed by atoms with E-state index in [0.717, 1.165) is 22.6 Å². The van der Waals surface area contributed by atoms with E-state index < -0.39 is 0 Å². The minimum atomic E-state index is -0.0154. The van der Waals surface area contributed by atoms with Gasteiger partial charge in [-0.25, -0.2) is 0 Å². The molecule has 0 bridgehead atoms. The third kappa shape index (κ3) is 4.21. The Morgan fingerprint density at radius 1 is 1.16 bits per heavy atom. The van der Waals surface area contributed by atoms with Crippen LogP contribution in [0.25, 0.3) is 6.08 Å². The Kier molecular flexibility index (Phi) is 5.39. The van der Waals surface area contributed by atoms with Crippen LogP contribution in [0.5, 0.6) is 11.5 Å². The summed E-state index contributed by atoms with van der Waals surface area (Å²) in [5.41, 5.74) is 3.17. The highest BCUT2D eigenvalue weighted by molar-refractivity contribution is 5.91. The molecule has 130 valence electrons. The first-order chi connectivity index (χ1) is 12.2. The standard InChI is InChI=1S/C21H23NO3/c1-3-22(20(23)11-10-17-7-4-6-16(2)14-17)15-18-8-5-9-19-21(18)25-13-12-24-19/h4-11,14H,3,12-13,15H2,1-2H3/b11-10+. The molecule has 0 spiro atoms. The zero-order valence-corrected chi connectivity index (χ0v) is 14.7. The fourth-order valence-corrected chi connectivity index (χ4v) is 2.86. The molecule has 0 atom stereocenters. The fraction of sp³-hybridized carbons (Fsp3) is 0.286. The van der Waals surface area contributed by atoms with Crippen LogP contribution in [0.15, 0.2) is 48.5 Å². The van der Waals surface area contributed by atoms with E-state index in [-0.39, 0.29) is 5.91 Å². The Hall–Kier alpha value is -2.75. The predicted octanol–water partition coefficient (Wildman–Crippen LogP) is 3.83. The molecule has 0 fully saturated rings. The van der Waals surface area contributed by atoms with Crippen LogP contribution in [0.3, 0.4) is 0 Å². The number of nitrogens with zero attached hydrogens (tertiary/aromatic N) is 1. The first-order valence-electron chi connectivity index (χ1n) is 8.58. The van der Waals surface area contributed by atoms with Crippen molar-refractivity contribution in [2.24, 2.45) is 0 Å². The molecular weight excluding hydrogens is 314 g/mol. The molecule has 0 aliphatic carbocycles. The number of para-hydroxylation sites is 1. The average Bonchev–Trinajstić information content (AvgIpc) is 2.64. The van der Waals surface area contributed by atoms with Crippen molar-refractivity contribution in [1.82, 2.24) is 4.90 Å². The number of likely N-dealkylation sites (N-methyl/N-ethyl adjacent to an activating group) is 1. The molecule has 4 heteroatoms. The zero-order valence-electron chi connectivity index (χ0n) is 14.7.